The summed E-state index contributed by atoms with van der Waals surface area (Å²) in [6.45, 7) is 5.27. The van der Waals surface area contributed by atoms with Crippen LogP contribution in [-0.4, -0.2) is 21.0 Å². The van der Waals surface area contributed by atoms with Gasteiger partial charge in [0, 0.05) is 24.3 Å². The molecule has 5 heteroatoms. The normalized spacial score (nSPS) is 12.9. The topological polar surface area (TPSA) is 79.6 Å². The van der Waals surface area contributed by atoms with Gasteiger partial charge in [0.05, 0.1) is 5.52 Å². The van der Waals surface area contributed by atoms with Gasteiger partial charge in [-0.25, -0.2) is 9.97 Å². The molecule has 0 unspecified atom stereocenters. The van der Waals surface area contributed by atoms with E-state index in [0.717, 1.165) is 23.1 Å². The summed E-state index contributed by atoms with van der Waals surface area (Å²) in [5, 5.41) is 3.53. The van der Waals surface area contributed by atoms with Gasteiger partial charge in [-0.15, -0.1) is 0 Å². The van der Waals surface area contributed by atoms with Crippen molar-refractivity contribution < 1.29 is 0 Å². The Morgan fingerprint density at radius 2 is 2.21 bits per heavy atom. The van der Waals surface area contributed by atoms with Crippen molar-refractivity contribution in [1.29, 1.82) is 0 Å². The number of aromatic amines is 1. The van der Waals surface area contributed by atoms with Gasteiger partial charge in [0.15, 0.2) is 5.82 Å². The summed E-state index contributed by atoms with van der Waals surface area (Å²) < 4.78 is 0. The van der Waals surface area contributed by atoms with E-state index in [0.29, 0.717) is 11.9 Å². The minimum atomic E-state index is 0.507. The van der Waals surface area contributed by atoms with Crippen LogP contribution in [0.2, 0.25) is 0 Å². The van der Waals surface area contributed by atoms with Crippen molar-refractivity contribution in [3.63, 3.8) is 0 Å². The average Bonchev–Trinajstić information content (AvgIpc) is 2.81. The van der Waals surface area contributed by atoms with Gasteiger partial charge in [-0.05, 0) is 13.3 Å². The number of hydrogen-bond donors (Lipinski definition) is 3. The number of nitrogens with zero attached hydrogens (tertiary/aromatic N) is 2. The van der Waals surface area contributed by atoms with Crippen LogP contribution in [0.4, 0.5) is 5.82 Å². The molecule has 0 saturated carbocycles. The van der Waals surface area contributed by atoms with E-state index in [9.17, 15) is 0 Å². The Kier molecular flexibility index (Phi) is 4.74. The summed E-state index contributed by atoms with van der Waals surface area (Å²) in [4.78, 5) is 11.4. The summed E-state index contributed by atoms with van der Waals surface area (Å²) in [5.41, 5.74) is 8.70. The minimum Gasteiger partial charge on any atom is -0.382 e. The molecule has 19 heavy (non-hydrogen) atoms. The Morgan fingerprint density at radius 3 is 3.00 bits per heavy atom. The third-order valence-electron chi connectivity index (χ3n) is 3.45. The van der Waals surface area contributed by atoms with Crippen molar-refractivity contribution in [2.24, 2.45) is 0 Å². The number of rotatable bonds is 7. The van der Waals surface area contributed by atoms with Crippen LogP contribution in [0.3, 0.4) is 0 Å². The molecule has 1 atom stereocenters. The number of hydrogen-bond acceptors (Lipinski definition) is 4. The van der Waals surface area contributed by atoms with Crippen LogP contribution in [0, 0.1) is 0 Å². The van der Waals surface area contributed by atoms with Crippen LogP contribution in [0.15, 0.2) is 12.5 Å². The first-order valence-corrected chi connectivity index (χ1v) is 7.02. The molecule has 0 saturated heterocycles. The third kappa shape index (κ3) is 3.44. The highest BCUT2D eigenvalue weighted by atomic mass is 15.0. The average molecular weight is 261 g/mol. The summed E-state index contributed by atoms with van der Waals surface area (Å²) in [7, 11) is 0. The Balaban J connectivity index is 1.93. The lowest BCUT2D eigenvalue weighted by Gasteiger charge is -2.12. The van der Waals surface area contributed by atoms with Gasteiger partial charge in [0.1, 0.15) is 11.8 Å². The van der Waals surface area contributed by atoms with Crippen LogP contribution in [0.25, 0.3) is 11.0 Å². The molecule has 2 heterocycles. The number of aromatic nitrogens is 3. The highest BCUT2D eigenvalue weighted by Gasteiger charge is 2.09. The molecule has 0 aliphatic carbocycles. The maximum absolute atomic E-state index is 5.80. The summed E-state index contributed by atoms with van der Waals surface area (Å²) in [6.07, 6.45) is 8.55. The Morgan fingerprint density at radius 1 is 1.37 bits per heavy atom. The fourth-order valence-electron chi connectivity index (χ4n) is 2.23. The second-order valence-electron chi connectivity index (χ2n) is 5.07. The van der Waals surface area contributed by atoms with Crippen LogP contribution in [0.1, 0.15) is 45.1 Å². The largest absolute Gasteiger partial charge is 0.382 e. The molecule has 0 fully saturated rings. The molecule has 5 nitrogen and oxygen atoms in total. The standard InChI is InChI=1S/C14H23N5/c1-3-4-5-6-10(2)16-7-11-8-17-13-12(11)18-9-19-14(13)15/h8-10,16-17H,3-7H2,1-2H3,(H2,15,18,19)/t10-/m0/s1. The van der Waals surface area contributed by atoms with E-state index in [1.165, 1.54) is 32.0 Å². The van der Waals surface area contributed by atoms with E-state index in [1.54, 1.807) is 0 Å². The zero-order chi connectivity index (χ0) is 13.7. The van der Waals surface area contributed by atoms with Gasteiger partial charge < -0.3 is 16.0 Å². The van der Waals surface area contributed by atoms with Crippen molar-refractivity contribution in [2.75, 3.05) is 5.73 Å². The van der Waals surface area contributed by atoms with Crippen LogP contribution in [0.5, 0.6) is 0 Å². The molecule has 0 amide bonds. The Labute approximate surface area is 114 Å². The van der Waals surface area contributed by atoms with E-state index in [4.69, 9.17) is 5.73 Å². The monoisotopic (exact) mass is 261 g/mol. The first-order chi connectivity index (χ1) is 9.22. The molecule has 0 bridgehead atoms. The van der Waals surface area contributed by atoms with Crippen LogP contribution >= 0.6 is 0 Å². The quantitative estimate of drug-likeness (QED) is 0.669. The molecule has 104 valence electrons. The van der Waals surface area contributed by atoms with Gasteiger partial charge in [0.25, 0.3) is 0 Å². The van der Waals surface area contributed by atoms with Crippen molar-refractivity contribution in [3.05, 3.63) is 18.1 Å². The lowest BCUT2D eigenvalue weighted by Crippen LogP contribution is -2.25. The first kappa shape index (κ1) is 13.8. The molecule has 0 aliphatic rings. The number of unbranched alkanes of at least 4 members (excludes halogenated alkanes) is 2. The molecule has 2 rings (SSSR count). The van der Waals surface area contributed by atoms with E-state index in [1.807, 2.05) is 6.20 Å². The highest BCUT2D eigenvalue weighted by Crippen LogP contribution is 2.19. The van der Waals surface area contributed by atoms with E-state index in [2.05, 4.69) is 34.1 Å². The molecule has 4 N–H and O–H groups in total. The Bertz CT molecular complexity index is 520. The predicted molar refractivity (Wildman–Crippen MR) is 78.7 cm³/mol. The molecule has 2 aromatic heterocycles. The highest BCUT2D eigenvalue weighted by molar-refractivity contribution is 5.86. The molecule has 0 spiro atoms. The number of nitrogen functional groups attached to an aromatic ring is 1. The Hall–Kier alpha value is -1.62. The van der Waals surface area contributed by atoms with Gasteiger partial charge in [-0.3, -0.25) is 0 Å². The van der Waals surface area contributed by atoms with E-state index >= 15 is 0 Å². The SMILES string of the molecule is CCCCC[C@H](C)NCc1c[nH]c2c(N)ncnc12. The fraction of sp³-hybridized carbons (Fsp3) is 0.571. The maximum Gasteiger partial charge on any atom is 0.151 e. The molecule has 0 aromatic carbocycles. The smallest absolute Gasteiger partial charge is 0.151 e. The zero-order valence-corrected chi connectivity index (χ0v) is 11.7. The van der Waals surface area contributed by atoms with E-state index < -0.39 is 0 Å². The fourth-order valence-corrected chi connectivity index (χ4v) is 2.23. The van der Waals surface area contributed by atoms with Gasteiger partial charge in [0.2, 0.25) is 0 Å². The molecular weight excluding hydrogens is 238 g/mol. The molecule has 0 radical (unpaired) electrons. The van der Waals surface area contributed by atoms with Crippen LogP contribution < -0.4 is 11.1 Å². The van der Waals surface area contributed by atoms with Gasteiger partial charge in [-0.2, -0.15) is 0 Å². The van der Waals surface area contributed by atoms with E-state index in [-0.39, 0.29) is 0 Å². The molecule has 0 aliphatic heterocycles. The lowest BCUT2D eigenvalue weighted by atomic mass is 10.1. The number of fused-ring (bicyclic) bond motifs is 1. The van der Waals surface area contributed by atoms with Crippen molar-refractivity contribution >= 4 is 16.9 Å². The number of H-pyrrole nitrogens is 1. The second kappa shape index (κ2) is 6.52. The molecule has 2 aromatic rings. The minimum absolute atomic E-state index is 0.507. The van der Waals surface area contributed by atoms with Crippen LogP contribution in [-0.2, 0) is 6.54 Å². The number of nitrogens with two attached hydrogens (primary N) is 1. The predicted octanol–water partition coefficient (Wildman–Crippen LogP) is 2.60. The van der Waals surface area contributed by atoms with Gasteiger partial charge >= 0.3 is 0 Å². The summed E-state index contributed by atoms with van der Waals surface area (Å²) in [5.74, 6) is 0.507. The van der Waals surface area contributed by atoms with Gasteiger partial charge in [-0.1, -0.05) is 26.2 Å². The maximum atomic E-state index is 5.80. The third-order valence-corrected chi connectivity index (χ3v) is 3.45. The lowest BCUT2D eigenvalue weighted by molar-refractivity contribution is 0.488. The number of nitrogens with one attached hydrogen (secondary N) is 2. The summed E-state index contributed by atoms with van der Waals surface area (Å²) in [6, 6.07) is 0.524. The second-order valence-corrected chi connectivity index (χ2v) is 5.07. The molecular formula is C14H23N5. The first-order valence-electron chi connectivity index (χ1n) is 7.02. The van der Waals surface area contributed by atoms with Crippen molar-refractivity contribution in [3.8, 4) is 0 Å². The van der Waals surface area contributed by atoms with Crippen molar-refractivity contribution in [2.45, 2.75) is 52.1 Å². The summed E-state index contributed by atoms with van der Waals surface area (Å²) >= 11 is 0. The zero-order valence-electron chi connectivity index (χ0n) is 11.7. The van der Waals surface area contributed by atoms with Crippen molar-refractivity contribution in [1.82, 2.24) is 20.3 Å². The number of anilines is 1.